The summed E-state index contributed by atoms with van der Waals surface area (Å²) in [5.74, 6) is 0.421. The van der Waals surface area contributed by atoms with Gasteiger partial charge >= 0.3 is 0 Å². The zero-order valence-corrected chi connectivity index (χ0v) is 13.1. The number of amides is 2. The van der Waals surface area contributed by atoms with E-state index in [9.17, 15) is 9.59 Å². The summed E-state index contributed by atoms with van der Waals surface area (Å²) in [6, 6.07) is 7.07. The minimum Gasteiger partial charge on any atom is -0.353 e. The van der Waals surface area contributed by atoms with E-state index in [1.165, 1.54) is 19.8 Å². The highest BCUT2D eigenvalue weighted by molar-refractivity contribution is 6.30. The minimum atomic E-state index is -0.328. The molecule has 0 heterocycles. The lowest BCUT2D eigenvalue weighted by Crippen LogP contribution is -2.37. The van der Waals surface area contributed by atoms with E-state index in [0.29, 0.717) is 10.9 Å². The van der Waals surface area contributed by atoms with Gasteiger partial charge in [0.15, 0.2) is 0 Å². The fourth-order valence-corrected chi connectivity index (χ4v) is 2.53. The van der Waals surface area contributed by atoms with Crippen LogP contribution < -0.4 is 10.6 Å². The lowest BCUT2D eigenvalue weighted by Gasteiger charge is -2.20. The molecule has 4 nitrogen and oxygen atoms in total. The number of benzene rings is 1. The molecule has 0 spiro atoms. The molecule has 21 heavy (non-hydrogen) atoms. The number of rotatable bonds is 6. The van der Waals surface area contributed by atoms with Crippen LogP contribution in [0.25, 0.3) is 0 Å². The van der Waals surface area contributed by atoms with E-state index in [1.807, 2.05) is 19.1 Å². The standard InChI is InChI=1S/C16H21ClN2O2/c1-10(12-3-4-12)18-16(21)9-15(19-11(2)20)13-5-7-14(17)8-6-13/h5-8,10,12,15H,3-4,9H2,1-2H3,(H,18,21)(H,19,20). The van der Waals surface area contributed by atoms with Gasteiger partial charge in [-0.3, -0.25) is 9.59 Å². The van der Waals surface area contributed by atoms with Gasteiger partial charge in [0.2, 0.25) is 11.8 Å². The second-order valence-corrected chi connectivity index (χ2v) is 6.14. The van der Waals surface area contributed by atoms with Gasteiger partial charge in [0, 0.05) is 18.0 Å². The topological polar surface area (TPSA) is 58.2 Å². The van der Waals surface area contributed by atoms with Gasteiger partial charge in [-0.25, -0.2) is 0 Å². The summed E-state index contributed by atoms with van der Waals surface area (Å²) in [6.07, 6.45) is 2.61. The third-order valence-electron chi connectivity index (χ3n) is 3.76. The van der Waals surface area contributed by atoms with Crippen LogP contribution >= 0.6 is 11.6 Å². The Morgan fingerprint density at radius 3 is 2.38 bits per heavy atom. The molecule has 1 aromatic rings. The third kappa shape index (κ3) is 5.05. The smallest absolute Gasteiger partial charge is 0.222 e. The molecule has 114 valence electrons. The van der Waals surface area contributed by atoms with Gasteiger partial charge < -0.3 is 10.6 Å². The average molecular weight is 309 g/mol. The Hall–Kier alpha value is -1.55. The van der Waals surface area contributed by atoms with E-state index in [0.717, 1.165) is 5.56 Å². The van der Waals surface area contributed by atoms with Crippen LogP contribution in [0.15, 0.2) is 24.3 Å². The summed E-state index contributed by atoms with van der Waals surface area (Å²) < 4.78 is 0. The van der Waals surface area contributed by atoms with Crippen molar-refractivity contribution < 1.29 is 9.59 Å². The summed E-state index contributed by atoms with van der Waals surface area (Å²) in [7, 11) is 0. The van der Waals surface area contributed by atoms with E-state index in [4.69, 9.17) is 11.6 Å². The molecule has 0 saturated heterocycles. The lowest BCUT2D eigenvalue weighted by atomic mass is 10.0. The van der Waals surface area contributed by atoms with E-state index in [1.54, 1.807) is 12.1 Å². The number of halogens is 1. The molecule has 0 aromatic heterocycles. The van der Waals surface area contributed by atoms with Crippen LogP contribution in [-0.2, 0) is 9.59 Å². The Morgan fingerprint density at radius 2 is 1.86 bits per heavy atom. The molecular formula is C16H21ClN2O2. The zero-order chi connectivity index (χ0) is 15.4. The summed E-state index contributed by atoms with van der Waals surface area (Å²) in [5.41, 5.74) is 0.879. The SMILES string of the molecule is CC(=O)NC(CC(=O)NC(C)C1CC1)c1ccc(Cl)cc1. The van der Waals surface area contributed by atoms with Gasteiger partial charge in [-0.1, -0.05) is 23.7 Å². The van der Waals surface area contributed by atoms with Crippen LogP contribution in [0.3, 0.4) is 0 Å². The maximum absolute atomic E-state index is 12.1. The van der Waals surface area contributed by atoms with Crippen molar-refractivity contribution in [2.24, 2.45) is 5.92 Å². The largest absolute Gasteiger partial charge is 0.353 e. The number of hydrogen-bond donors (Lipinski definition) is 2. The second-order valence-electron chi connectivity index (χ2n) is 5.70. The highest BCUT2D eigenvalue weighted by Crippen LogP contribution is 2.32. The molecule has 0 bridgehead atoms. The predicted molar refractivity (Wildman–Crippen MR) is 83.0 cm³/mol. The number of carbonyl (C=O) groups excluding carboxylic acids is 2. The molecule has 2 rings (SSSR count). The van der Waals surface area contributed by atoms with Crippen LogP contribution in [0.4, 0.5) is 0 Å². The van der Waals surface area contributed by atoms with Crippen molar-refractivity contribution >= 4 is 23.4 Å². The molecule has 1 saturated carbocycles. The van der Waals surface area contributed by atoms with Gasteiger partial charge in [0.25, 0.3) is 0 Å². The van der Waals surface area contributed by atoms with Crippen LogP contribution in [0, 0.1) is 5.92 Å². The van der Waals surface area contributed by atoms with Gasteiger partial charge in [0.1, 0.15) is 0 Å². The Bertz CT molecular complexity index is 512. The predicted octanol–water partition coefficient (Wildman–Crippen LogP) is 2.82. The van der Waals surface area contributed by atoms with Crippen LogP contribution in [-0.4, -0.2) is 17.9 Å². The summed E-state index contributed by atoms with van der Waals surface area (Å²) in [6.45, 7) is 3.49. The molecule has 1 aliphatic carbocycles. The molecule has 0 aliphatic heterocycles. The van der Waals surface area contributed by atoms with Gasteiger partial charge in [0.05, 0.1) is 12.5 Å². The van der Waals surface area contributed by atoms with Crippen molar-refractivity contribution in [1.82, 2.24) is 10.6 Å². The molecule has 2 atom stereocenters. The number of hydrogen-bond acceptors (Lipinski definition) is 2. The Kier molecular flexibility index (Phi) is 5.23. The monoisotopic (exact) mass is 308 g/mol. The van der Waals surface area contributed by atoms with E-state index < -0.39 is 0 Å². The molecule has 2 unspecified atom stereocenters. The van der Waals surface area contributed by atoms with Crippen molar-refractivity contribution in [2.75, 3.05) is 0 Å². The van der Waals surface area contributed by atoms with E-state index >= 15 is 0 Å². The van der Waals surface area contributed by atoms with Gasteiger partial charge in [-0.15, -0.1) is 0 Å². The first-order chi connectivity index (χ1) is 9.95. The molecular weight excluding hydrogens is 288 g/mol. The quantitative estimate of drug-likeness (QED) is 0.849. The normalized spacial score (nSPS) is 16.9. The van der Waals surface area contributed by atoms with Crippen molar-refractivity contribution in [2.45, 2.75) is 45.2 Å². The molecule has 1 aliphatic rings. The van der Waals surface area contributed by atoms with Gasteiger partial charge in [-0.2, -0.15) is 0 Å². The van der Waals surface area contributed by atoms with Crippen molar-refractivity contribution in [3.8, 4) is 0 Å². The fourth-order valence-electron chi connectivity index (χ4n) is 2.40. The molecule has 2 N–H and O–H groups in total. The van der Waals surface area contributed by atoms with Crippen LogP contribution in [0.2, 0.25) is 5.02 Å². The highest BCUT2D eigenvalue weighted by Gasteiger charge is 2.29. The summed E-state index contributed by atoms with van der Waals surface area (Å²) in [4.78, 5) is 23.5. The van der Waals surface area contributed by atoms with Crippen molar-refractivity contribution in [3.63, 3.8) is 0 Å². The third-order valence-corrected chi connectivity index (χ3v) is 4.01. The minimum absolute atomic E-state index is 0.0388. The Morgan fingerprint density at radius 1 is 1.24 bits per heavy atom. The highest BCUT2D eigenvalue weighted by atomic mass is 35.5. The van der Waals surface area contributed by atoms with Crippen LogP contribution in [0.5, 0.6) is 0 Å². The summed E-state index contributed by atoms with van der Waals surface area (Å²) in [5, 5.41) is 6.46. The lowest BCUT2D eigenvalue weighted by molar-refractivity contribution is -0.123. The first-order valence-electron chi connectivity index (χ1n) is 7.27. The van der Waals surface area contributed by atoms with Crippen LogP contribution in [0.1, 0.15) is 44.7 Å². The maximum Gasteiger partial charge on any atom is 0.222 e. The van der Waals surface area contributed by atoms with E-state index in [-0.39, 0.29) is 30.3 Å². The molecule has 5 heteroatoms. The molecule has 0 radical (unpaired) electrons. The first kappa shape index (κ1) is 15.8. The van der Waals surface area contributed by atoms with Gasteiger partial charge in [-0.05, 0) is 43.4 Å². The van der Waals surface area contributed by atoms with Crippen molar-refractivity contribution in [3.05, 3.63) is 34.9 Å². The fraction of sp³-hybridized carbons (Fsp3) is 0.500. The molecule has 2 amide bonds. The average Bonchev–Trinajstić information content (AvgIpc) is 3.22. The molecule has 1 fully saturated rings. The van der Waals surface area contributed by atoms with Crippen molar-refractivity contribution in [1.29, 1.82) is 0 Å². The maximum atomic E-state index is 12.1. The zero-order valence-electron chi connectivity index (χ0n) is 12.4. The number of nitrogens with one attached hydrogen (secondary N) is 2. The number of carbonyl (C=O) groups is 2. The summed E-state index contributed by atoms with van der Waals surface area (Å²) >= 11 is 5.87. The second kappa shape index (κ2) is 6.94. The van der Waals surface area contributed by atoms with E-state index in [2.05, 4.69) is 10.6 Å². The molecule has 1 aromatic carbocycles. The first-order valence-corrected chi connectivity index (χ1v) is 7.65. The Labute approximate surface area is 130 Å². The Balaban J connectivity index is 1.99.